The fraction of sp³-hybridized carbons (Fsp3) is 0.480. The first-order valence-corrected chi connectivity index (χ1v) is 11.1. The van der Waals surface area contributed by atoms with E-state index in [-0.39, 0.29) is 0 Å². The van der Waals surface area contributed by atoms with Gasteiger partial charge in [-0.2, -0.15) is 10.3 Å². The molecule has 0 aromatic heterocycles. The number of allylic oxidation sites excluding steroid dienone is 4. The second kappa shape index (κ2) is 12.6. The minimum Gasteiger partial charge on any atom is -0.442 e. The first-order valence-electron chi connectivity index (χ1n) is 11.1. The van der Waals surface area contributed by atoms with Gasteiger partial charge in [-0.1, -0.05) is 38.5 Å². The van der Waals surface area contributed by atoms with Crippen molar-refractivity contribution in [1.29, 1.82) is 5.26 Å². The van der Waals surface area contributed by atoms with Crippen LogP contribution < -0.4 is 10.3 Å². The van der Waals surface area contributed by atoms with E-state index >= 15 is 0 Å². The highest BCUT2D eigenvalue weighted by atomic mass is 16.6. The van der Waals surface area contributed by atoms with Gasteiger partial charge in [-0.25, -0.2) is 14.6 Å². The van der Waals surface area contributed by atoms with Crippen LogP contribution in [0.25, 0.3) is 0 Å². The van der Waals surface area contributed by atoms with Crippen molar-refractivity contribution in [2.75, 3.05) is 11.6 Å². The molecule has 0 bridgehead atoms. The Balaban J connectivity index is 0.00000249. The predicted octanol–water partition coefficient (Wildman–Crippen LogP) is 6.29. The van der Waals surface area contributed by atoms with Crippen molar-refractivity contribution in [2.45, 2.75) is 73.3 Å². The Kier molecular flexibility index (Phi) is 10.5. The number of urea groups is 1. The molecule has 7 nitrogen and oxygen atoms in total. The molecule has 0 saturated heterocycles. The Hall–Kier alpha value is -3.27. The van der Waals surface area contributed by atoms with E-state index in [1.807, 2.05) is 39.8 Å². The molecule has 0 spiro atoms. The molecule has 32 heavy (non-hydrogen) atoms. The summed E-state index contributed by atoms with van der Waals surface area (Å²) in [4.78, 5) is 26.3. The first kappa shape index (κ1) is 26.8. The van der Waals surface area contributed by atoms with Gasteiger partial charge < -0.3 is 10.1 Å². The summed E-state index contributed by atoms with van der Waals surface area (Å²) in [5, 5.41) is 14.7. The van der Waals surface area contributed by atoms with Crippen LogP contribution >= 0.6 is 0 Å². The van der Waals surface area contributed by atoms with E-state index in [4.69, 9.17) is 4.74 Å². The van der Waals surface area contributed by atoms with Crippen LogP contribution in [0.5, 0.6) is 0 Å². The van der Waals surface area contributed by atoms with E-state index < -0.39 is 17.7 Å². The Morgan fingerprint density at radius 2 is 1.88 bits per heavy atom. The summed E-state index contributed by atoms with van der Waals surface area (Å²) >= 11 is 0. The van der Waals surface area contributed by atoms with E-state index in [9.17, 15) is 14.9 Å². The van der Waals surface area contributed by atoms with Crippen LogP contribution in [0.15, 0.2) is 47.7 Å². The Labute approximate surface area is 192 Å². The van der Waals surface area contributed by atoms with Gasteiger partial charge in [0.25, 0.3) is 0 Å². The molecule has 0 fully saturated rings. The molecule has 1 aliphatic carbocycles. The molecular weight excluding hydrogens is 404 g/mol. The van der Waals surface area contributed by atoms with E-state index in [1.165, 1.54) is 15.6 Å². The molecule has 0 unspecified atom stereocenters. The molecule has 2 rings (SSSR count). The lowest BCUT2D eigenvalue weighted by atomic mass is 10.0. The van der Waals surface area contributed by atoms with Crippen molar-refractivity contribution in [3.63, 3.8) is 0 Å². The Morgan fingerprint density at radius 1 is 1.19 bits per heavy atom. The lowest BCUT2D eigenvalue weighted by Gasteiger charge is -2.36. The maximum Gasteiger partial charge on any atom is 0.434 e. The number of hydrogen-bond acceptors (Lipinski definition) is 4. The monoisotopic (exact) mass is 440 g/mol. The third-order valence-electron chi connectivity index (χ3n) is 4.32. The SMILES string of the molecule is CC.CCCN(C(=O)NC1=CC=C(C)CC1)N(C(=O)OC(C)(C)C)c1cccc(C#N)c1. The summed E-state index contributed by atoms with van der Waals surface area (Å²) in [6.07, 6.45) is 5.40. The van der Waals surface area contributed by atoms with Crippen molar-refractivity contribution >= 4 is 17.8 Å². The quantitative estimate of drug-likeness (QED) is 0.558. The third-order valence-corrected chi connectivity index (χ3v) is 4.32. The number of hydrazine groups is 1. The van der Waals surface area contributed by atoms with E-state index in [2.05, 4.69) is 11.4 Å². The van der Waals surface area contributed by atoms with Crippen LogP contribution in [0, 0.1) is 11.3 Å². The maximum atomic E-state index is 13.2. The van der Waals surface area contributed by atoms with Crippen LogP contribution in [0.2, 0.25) is 0 Å². The summed E-state index contributed by atoms with van der Waals surface area (Å²) < 4.78 is 5.57. The number of nitriles is 1. The normalized spacial score (nSPS) is 12.8. The molecule has 1 aromatic rings. The molecule has 0 radical (unpaired) electrons. The molecule has 0 heterocycles. The highest BCUT2D eigenvalue weighted by molar-refractivity contribution is 5.92. The summed E-state index contributed by atoms with van der Waals surface area (Å²) in [6.45, 7) is 13.6. The zero-order valence-electron chi connectivity index (χ0n) is 20.4. The van der Waals surface area contributed by atoms with Gasteiger partial charge in [0, 0.05) is 12.2 Å². The van der Waals surface area contributed by atoms with Crippen LogP contribution in [0.4, 0.5) is 15.3 Å². The molecule has 0 saturated carbocycles. The zero-order chi connectivity index (χ0) is 24.3. The number of ether oxygens (including phenoxy) is 1. The van der Waals surface area contributed by atoms with Gasteiger partial charge in [-0.05, 0) is 71.2 Å². The molecule has 3 amide bonds. The summed E-state index contributed by atoms with van der Waals surface area (Å²) in [6, 6.07) is 8.19. The van der Waals surface area contributed by atoms with Gasteiger partial charge in [0.15, 0.2) is 0 Å². The fourth-order valence-corrected chi connectivity index (χ4v) is 2.91. The molecule has 1 N–H and O–H groups in total. The van der Waals surface area contributed by atoms with Crippen LogP contribution in [-0.2, 0) is 4.74 Å². The lowest BCUT2D eigenvalue weighted by Crippen LogP contribution is -2.55. The second-order valence-electron chi connectivity index (χ2n) is 8.21. The largest absolute Gasteiger partial charge is 0.442 e. The Morgan fingerprint density at radius 3 is 2.41 bits per heavy atom. The van der Waals surface area contributed by atoms with E-state index in [0.717, 1.165) is 18.5 Å². The van der Waals surface area contributed by atoms with E-state index in [1.54, 1.807) is 45.0 Å². The van der Waals surface area contributed by atoms with Gasteiger partial charge in [-0.3, -0.25) is 0 Å². The minimum atomic E-state index is -0.745. The average Bonchev–Trinajstić information content (AvgIpc) is 2.75. The van der Waals surface area contributed by atoms with Crippen molar-refractivity contribution in [3.05, 3.63) is 53.3 Å². The van der Waals surface area contributed by atoms with Crippen molar-refractivity contribution in [1.82, 2.24) is 10.3 Å². The van der Waals surface area contributed by atoms with Gasteiger partial charge in [0.1, 0.15) is 5.60 Å². The molecule has 1 aliphatic rings. The summed E-state index contributed by atoms with van der Waals surface area (Å²) in [5.41, 5.74) is 2.07. The van der Waals surface area contributed by atoms with Gasteiger partial charge in [0.05, 0.1) is 17.3 Å². The van der Waals surface area contributed by atoms with Crippen LogP contribution in [0.1, 0.15) is 73.3 Å². The molecule has 174 valence electrons. The minimum absolute atomic E-state index is 0.296. The number of carbonyl (C=O) groups is 2. The predicted molar refractivity (Wildman–Crippen MR) is 128 cm³/mol. The number of carbonyl (C=O) groups excluding carboxylic acids is 2. The number of nitrogens with one attached hydrogen (secondary N) is 1. The smallest absolute Gasteiger partial charge is 0.434 e. The summed E-state index contributed by atoms with van der Waals surface area (Å²) in [7, 11) is 0. The number of rotatable bonds is 4. The Bertz CT molecular complexity index is 891. The number of anilines is 1. The third kappa shape index (κ3) is 8.10. The topological polar surface area (TPSA) is 85.7 Å². The number of nitrogens with zero attached hydrogens (tertiary/aromatic N) is 3. The summed E-state index contributed by atoms with van der Waals surface area (Å²) in [5.74, 6) is 0. The van der Waals surface area contributed by atoms with Crippen LogP contribution in [-0.4, -0.2) is 29.3 Å². The molecule has 1 aromatic carbocycles. The van der Waals surface area contributed by atoms with E-state index in [0.29, 0.717) is 24.2 Å². The molecule has 0 atom stereocenters. The number of hydrogen-bond donors (Lipinski definition) is 1. The highest BCUT2D eigenvalue weighted by Gasteiger charge is 2.32. The van der Waals surface area contributed by atoms with Gasteiger partial charge in [0.2, 0.25) is 0 Å². The van der Waals surface area contributed by atoms with Gasteiger partial charge in [-0.15, -0.1) is 0 Å². The van der Waals surface area contributed by atoms with Crippen molar-refractivity contribution < 1.29 is 14.3 Å². The average molecular weight is 441 g/mol. The number of amides is 3. The van der Waals surface area contributed by atoms with Crippen molar-refractivity contribution in [2.24, 2.45) is 0 Å². The lowest BCUT2D eigenvalue weighted by molar-refractivity contribution is 0.0487. The zero-order valence-corrected chi connectivity index (χ0v) is 20.4. The maximum absolute atomic E-state index is 13.2. The standard InChI is InChI=1S/C23H30N4O3.C2H6/c1-6-14-26(21(28)25-19-12-10-17(2)11-13-19)27(22(29)30-23(3,4)5)20-9-7-8-18(15-20)16-24;1-2/h7-10,12,15H,6,11,13-14H2,1-5H3,(H,25,28);1-2H3. The molecule has 0 aliphatic heterocycles. The fourth-order valence-electron chi connectivity index (χ4n) is 2.91. The highest BCUT2D eigenvalue weighted by Crippen LogP contribution is 2.23. The van der Waals surface area contributed by atoms with Crippen LogP contribution in [0.3, 0.4) is 0 Å². The second-order valence-corrected chi connectivity index (χ2v) is 8.21. The molecule has 7 heteroatoms. The first-order chi connectivity index (χ1) is 15.1. The molecular formula is C25H36N4O3. The van der Waals surface area contributed by atoms with Crippen molar-refractivity contribution in [3.8, 4) is 6.07 Å². The van der Waals surface area contributed by atoms with Gasteiger partial charge >= 0.3 is 12.1 Å². The number of benzene rings is 1.